The number of rotatable bonds is 6. The van der Waals surface area contributed by atoms with Gasteiger partial charge in [-0.25, -0.2) is 4.98 Å². The maximum absolute atomic E-state index is 4.95. The maximum atomic E-state index is 4.95. The Hall–Kier alpha value is -2.79. The minimum absolute atomic E-state index is 0.312. The van der Waals surface area contributed by atoms with Gasteiger partial charge in [0, 0.05) is 43.7 Å². The number of thiazole rings is 1. The zero-order valence-corrected chi connectivity index (χ0v) is 19.3. The van der Waals surface area contributed by atoms with Crippen LogP contribution in [0.1, 0.15) is 28.4 Å². The lowest BCUT2D eigenvalue weighted by atomic mass is 9.96. The number of benzene rings is 3. The Morgan fingerprint density at radius 3 is 2.00 bits per heavy atom. The monoisotopic (exact) mass is 439 g/mol. The lowest BCUT2D eigenvalue weighted by molar-refractivity contribution is 0.104. The van der Waals surface area contributed by atoms with Crippen LogP contribution in [0.3, 0.4) is 0 Å². The van der Waals surface area contributed by atoms with E-state index in [-0.39, 0.29) is 0 Å². The highest BCUT2D eigenvalue weighted by Gasteiger charge is 2.26. The van der Waals surface area contributed by atoms with Crippen molar-refractivity contribution in [2.75, 3.05) is 26.2 Å². The van der Waals surface area contributed by atoms with Gasteiger partial charge in [0.15, 0.2) is 0 Å². The quantitative estimate of drug-likeness (QED) is 0.366. The molecule has 0 aliphatic carbocycles. The summed E-state index contributed by atoms with van der Waals surface area (Å²) in [5.41, 5.74) is 6.46. The molecule has 1 saturated heterocycles. The predicted molar refractivity (Wildman–Crippen MR) is 134 cm³/mol. The van der Waals surface area contributed by atoms with Crippen LogP contribution in [0.4, 0.5) is 0 Å². The largest absolute Gasteiger partial charge is 0.295 e. The van der Waals surface area contributed by atoms with Gasteiger partial charge in [-0.1, -0.05) is 84.9 Å². The van der Waals surface area contributed by atoms with E-state index in [0.717, 1.165) is 37.7 Å². The number of aryl methyl sites for hydroxylation is 1. The second-order valence-corrected chi connectivity index (χ2v) is 9.35. The van der Waals surface area contributed by atoms with Gasteiger partial charge < -0.3 is 0 Å². The van der Waals surface area contributed by atoms with E-state index in [9.17, 15) is 0 Å². The average molecular weight is 440 g/mol. The molecule has 3 aromatic carbocycles. The average Bonchev–Trinajstić information content (AvgIpc) is 3.30. The fraction of sp³-hybridized carbons (Fsp3) is 0.250. The number of aromatic nitrogens is 1. The third kappa shape index (κ3) is 4.68. The third-order valence-corrected chi connectivity index (χ3v) is 7.24. The molecule has 1 aromatic heterocycles. The van der Waals surface area contributed by atoms with Crippen LogP contribution >= 0.6 is 11.3 Å². The van der Waals surface area contributed by atoms with Crippen molar-refractivity contribution in [1.29, 1.82) is 0 Å². The normalized spacial score (nSPS) is 15.3. The summed E-state index contributed by atoms with van der Waals surface area (Å²) in [6, 6.07) is 30.6. The molecule has 0 atom stereocenters. The highest BCUT2D eigenvalue weighted by molar-refractivity contribution is 7.13. The minimum atomic E-state index is 0.312. The molecule has 0 unspecified atom stereocenters. The van der Waals surface area contributed by atoms with E-state index in [1.54, 1.807) is 11.3 Å². The van der Waals surface area contributed by atoms with E-state index in [0.29, 0.717) is 6.04 Å². The molecule has 0 radical (unpaired) electrons. The van der Waals surface area contributed by atoms with Crippen molar-refractivity contribution >= 4 is 11.3 Å². The Bertz CT molecular complexity index is 1090. The summed E-state index contributed by atoms with van der Waals surface area (Å²) in [5.74, 6) is 0. The van der Waals surface area contributed by atoms with Gasteiger partial charge in [-0.3, -0.25) is 9.80 Å². The van der Waals surface area contributed by atoms with Gasteiger partial charge in [0.1, 0.15) is 5.01 Å². The van der Waals surface area contributed by atoms with Crippen LogP contribution in [0.15, 0.2) is 90.3 Å². The molecule has 0 saturated carbocycles. The molecule has 0 bridgehead atoms. The van der Waals surface area contributed by atoms with E-state index in [4.69, 9.17) is 4.98 Å². The molecule has 5 rings (SSSR count). The molecule has 4 heteroatoms. The fourth-order valence-corrected chi connectivity index (χ4v) is 5.51. The molecule has 3 nitrogen and oxygen atoms in total. The summed E-state index contributed by atoms with van der Waals surface area (Å²) in [7, 11) is 0. The molecule has 4 aromatic rings. The Balaban J connectivity index is 1.26. The Morgan fingerprint density at radius 1 is 0.781 bits per heavy atom. The van der Waals surface area contributed by atoms with Crippen LogP contribution in [-0.4, -0.2) is 41.0 Å². The van der Waals surface area contributed by atoms with Crippen molar-refractivity contribution in [2.24, 2.45) is 0 Å². The molecule has 32 heavy (non-hydrogen) atoms. The molecular formula is C28H29N3S. The second kappa shape index (κ2) is 9.78. The summed E-state index contributed by atoms with van der Waals surface area (Å²) in [6.07, 6.45) is 0. The van der Waals surface area contributed by atoms with Crippen molar-refractivity contribution in [3.63, 3.8) is 0 Å². The van der Waals surface area contributed by atoms with Crippen LogP contribution < -0.4 is 0 Å². The lowest BCUT2D eigenvalue weighted by Gasteiger charge is -2.39. The standard InChI is InChI=1S/C28H29N3S/c1-22-10-8-9-15-26(22)28-29-25(21-32-28)20-30-16-18-31(19-17-30)27(23-11-4-2-5-12-23)24-13-6-3-7-14-24/h2-15,21,27H,16-20H2,1H3. The minimum Gasteiger partial charge on any atom is -0.295 e. The summed E-state index contributed by atoms with van der Waals surface area (Å²) >= 11 is 1.76. The van der Waals surface area contributed by atoms with Crippen molar-refractivity contribution in [3.8, 4) is 10.6 Å². The van der Waals surface area contributed by atoms with Crippen molar-refractivity contribution in [2.45, 2.75) is 19.5 Å². The number of nitrogens with zero attached hydrogens (tertiary/aromatic N) is 3. The summed E-state index contributed by atoms with van der Waals surface area (Å²) in [5, 5.41) is 3.36. The zero-order valence-electron chi connectivity index (χ0n) is 18.5. The molecule has 1 aliphatic rings. The number of piperazine rings is 1. The smallest absolute Gasteiger partial charge is 0.123 e. The van der Waals surface area contributed by atoms with Gasteiger partial charge in [0.2, 0.25) is 0 Å². The first-order chi connectivity index (χ1) is 15.8. The first-order valence-electron chi connectivity index (χ1n) is 11.3. The maximum Gasteiger partial charge on any atom is 0.123 e. The van der Waals surface area contributed by atoms with E-state index < -0.39 is 0 Å². The van der Waals surface area contributed by atoms with Gasteiger partial charge >= 0.3 is 0 Å². The SMILES string of the molecule is Cc1ccccc1-c1nc(CN2CCN(C(c3ccccc3)c3ccccc3)CC2)cs1. The topological polar surface area (TPSA) is 19.4 Å². The van der Waals surface area contributed by atoms with Crippen LogP contribution in [0.5, 0.6) is 0 Å². The van der Waals surface area contributed by atoms with E-state index in [1.165, 1.54) is 27.9 Å². The predicted octanol–water partition coefficient (Wildman–Crippen LogP) is 6.03. The van der Waals surface area contributed by atoms with Crippen molar-refractivity contribution < 1.29 is 0 Å². The van der Waals surface area contributed by atoms with Crippen LogP contribution in [0.2, 0.25) is 0 Å². The first kappa shape index (κ1) is 21.1. The molecule has 2 heterocycles. The van der Waals surface area contributed by atoms with Crippen molar-refractivity contribution in [3.05, 3.63) is 113 Å². The molecule has 1 fully saturated rings. The van der Waals surface area contributed by atoms with E-state index in [2.05, 4.69) is 107 Å². The molecular weight excluding hydrogens is 410 g/mol. The third-order valence-electron chi connectivity index (χ3n) is 6.32. The number of hydrogen-bond acceptors (Lipinski definition) is 4. The van der Waals surface area contributed by atoms with E-state index in [1.807, 2.05) is 0 Å². The van der Waals surface area contributed by atoms with E-state index >= 15 is 0 Å². The second-order valence-electron chi connectivity index (χ2n) is 8.49. The highest BCUT2D eigenvalue weighted by atomic mass is 32.1. The summed E-state index contributed by atoms with van der Waals surface area (Å²) in [4.78, 5) is 10.1. The van der Waals surface area contributed by atoms with Gasteiger partial charge in [-0.2, -0.15) is 0 Å². The summed E-state index contributed by atoms with van der Waals surface area (Å²) < 4.78 is 0. The lowest BCUT2D eigenvalue weighted by Crippen LogP contribution is -2.47. The zero-order chi connectivity index (χ0) is 21.8. The Kier molecular flexibility index (Phi) is 6.44. The van der Waals surface area contributed by atoms with Crippen LogP contribution in [0, 0.1) is 6.92 Å². The van der Waals surface area contributed by atoms with Gasteiger partial charge in [-0.05, 0) is 23.6 Å². The van der Waals surface area contributed by atoms with Crippen molar-refractivity contribution in [1.82, 2.24) is 14.8 Å². The molecule has 0 N–H and O–H groups in total. The van der Waals surface area contributed by atoms with Crippen LogP contribution in [0.25, 0.3) is 10.6 Å². The van der Waals surface area contributed by atoms with Gasteiger partial charge in [-0.15, -0.1) is 11.3 Å². The highest BCUT2D eigenvalue weighted by Crippen LogP contribution is 2.30. The Labute approximate surface area is 195 Å². The summed E-state index contributed by atoms with van der Waals surface area (Å²) in [6.45, 7) is 7.33. The first-order valence-corrected chi connectivity index (χ1v) is 12.2. The molecule has 162 valence electrons. The molecule has 0 spiro atoms. The number of hydrogen-bond donors (Lipinski definition) is 0. The van der Waals surface area contributed by atoms with Crippen LogP contribution in [-0.2, 0) is 6.54 Å². The fourth-order valence-electron chi connectivity index (χ4n) is 4.61. The molecule has 0 amide bonds. The van der Waals surface area contributed by atoms with Gasteiger partial charge in [0.05, 0.1) is 11.7 Å². The van der Waals surface area contributed by atoms with Gasteiger partial charge in [0.25, 0.3) is 0 Å². The Morgan fingerprint density at radius 2 is 1.38 bits per heavy atom. The molecule has 1 aliphatic heterocycles.